The van der Waals surface area contributed by atoms with E-state index in [2.05, 4.69) is 28.0 Å². The monoisotopic (exact) mass is 413 g/mol. The molecule has 0 fully saturated rings. The Kier molecular flexibility index (Phi) is 7.71. The predicted octanol–water partition coefficient (Wildman–Crippen LogP) is 3.70. The van der Waals surface area contributed by atoms with Crippen molar-refractivity contribution in [1.29, 1.82) is 0 Å². The van der Waals surface area contributed by atoms with Crippen molar-refractivity contribution < 1.29 is 23.8 Å². The van der Waals surface area contributed by atoms with Gasteiger partial charge in [0.05, 0.1) is 7.11 Å². The molecule has 2 unspecified atom stereocenters. The minimum absolute atomic E-state index is 0.249. The zero-order valence-corrected chi connectivity index (χ0v) is 16.4. The van der Waals surface area contributed by atoms with Crippen LogP contribution in [0.3, 0.4) is 0 Å². The van der Waals surface area contributed by atoms with Crippen LogP contribution in [0.5, 0.6) is 5.75 Å². The van der Waals surface area contributed by atoms with E-state index in [1.165, 1.54) is 7.11 Å². The number of benzene rings is 1. The molecule has 2 atom stereocenters. The molecule has 0 bridgehead atoms. The standard InChI is InChI=1S/C18H24BrNO5/c1-4-6-9-23-16-11-24-20-17(16)13-10-12(19)7-8-15(13)25-14(5-2)18(21)22-3/h7-8,10,14,16H,4-6,9,11H2,1-3H3. The summed E-state index contributed by atoms with van der Waals surface area (Å²) < 4.78 is 17.5. The van der Waals surface area contributed by atoms with Crippen molar-refractivity contribution in [3.8, 4) is 5.75 Å². The Balaban J connectivity index is 2.24. The van der Waals surface area contributed by atoms with Crippen molar-refractivity contribution in [1.82, 2.24) is 0 Å². The third kappa shape index (κ3) is 5.19. The lowest BCUT2D eigenvalue weighted by molar-refractivity contribution is -0.148. The highest BCUT2D eigenvalue weighted by Crippen LogP contribution is 2.29. The molecule has 0 aliphatic carbocycles. The summed E-state index contributed by atoms with van der Waals surface area (Å²) >= 11 is 3.47. The first kappa shape index (κ1) is 19.7. The number of nitrogens with zero attached hydrogens (tertiary/aromatic N) is 1. The second-order valence-corrected chi connectivity index (χ2v) is 6.58. The molecule has 0 amide bonds. The number of hydrogen-bond donors (Lipinski definition) is 0. The van der Waals surface area contributed by atoms with Crippen LogP contribution in [-0.4, -0.2) is 44.2 Å². The van der Waals surface area contributed by atoms with Crippen molar-refractivity contribution >= 4 is 27.6 Å². The van der Waals surface area contributed by atoms with Gasteiger partial charge in [-0.15, -0.1) is 0 Å². The smallest absolute Gasteiger partial charge is 0.347 e. The molecule has 0 N–H and O–H groups in total. The van der Waals surface area contributed by atoms with Gasteiger partial charge in [0.1, 0.15) is 24.2 Å². The van der Waals surface area contributed by atoms with E-state index in [4.69, 9.17) is 19.0 Å². The van der Waals surface area contributed by atoms with Crippen LogP contribution in [0.25, 0.3) is 0 Å². The summed E-state index contributed by atoms with van der Waals surface area (Å²) in [5, 5.41) is 4.14. The van der Waals surface area contributed by atoms with Crippen LogP contribution < -0.4 is 4.74 Å². The van der Waals surface area contributed by atoms with Gasteiger partial charge in [-0.2, -0.15) is 0 Å². The number of hydrogen-bond acceptors (Lipinski definition) is 6. The van der Waals surface area contributed by atoms with Crippen molar-refractivity contribution in [3.63, 3.8) is 0 Å². The van der Waals surface area contributed by atoms with Crippen LogP contribution in [0.2, 0.25) is 0 Å². The average molecular weight is 414 g/mol. The number of methoxy groups -OCH3 is 1. The lowest BCUT2D eigenvalue weighted by Gasteiger charge is -2.19. The highest BCUT2D eigenvalue weighted by molar-refractivity contribution is 9.10. The van der Waals surface area contributed by atoms with Gasteiger partial charge in [-0.1, -0.05) is 41.4 Å². The van der Waals surface area contributed by atoms with E-state index in [-0.39, 0.29) is 6.10 Å². The number of unbranched alkanes of at least 4 members (excludes halogenated alkanes) is 1. The summed E-state index contributed by atoms with van der Waals surface area (Å²) in [7, 11) is 1.35. The molecule has 0 spiro atoms. The molecule has 0 radical (unpaired) electrons. The van der Waals surface area contributed by atoms with Gasteiger partial charge in [0.25, 0.3) is 0 Å². The van der Waals surface area contributed by atoms with Crippen molar-refractivity contribution in [2.45, 2.75) is 45.3 Å². The minimum Gasteiger partial charge on any atom is -0.478 e. The summed E-state index contributed by atoms with van der Waals surface area (Å²) in [6, 6.07) is 5.55. The van der Waals surface area contributed by atoms with Crippen molar-refractivity contribution in [3.05, 3.63) is 28.2 Å². The lowest BCUT2D eigenvalue weighted by atomic mass is 10.0. The van der Waals surface area contributed by atoms with Crippen molar-refractivity contribution in [2.75, 3.05) is 20.3 Å². The predicted molar refractivity (Wildman–Crippen MR) is 98.0 cm³/mol. The van der Waals surface area contributed by atoms with E-state index in [1.807, 2.05) is 19.1 Å². The normalized spacial score (nSPS) is 17.6. The largest absolute Gasteiger partial charge is 0.478 e. The highest BCUT2D eigenvalue weighted by atomic mass is 79.9. The third-order valence-electron chi connectivity index (χ3n) is 3.83. The topological polar surface area (TPSA) is 66.3 Å². The Bertz CT molecular complexity index is 619. The van der Waals surface area contributed by atoms with Gasteiger partial charge in [0.2, 0.25) is 0 Å². The van der Waals surface area contributed by atoms with E-state index in [9.17, 15) is 4.79 Å². The Morgan fingerprint density at radius 3 is 2.92 bits per heavy atom. The van der Waals surface area contributed by atoms with Gasteiger partial charge >= 0.3 is 5.97 Å². The second-order valence-electron chi connectivity index (χ2n) is 5.66. The van der Waals surface area contributed by atoms with Crippen LogP contribution in [0.1, 0.15) is 38.7 Å². The number of carbonyl (C=O) groups excluding carboxylic acids is 1. The quantitative estimate of drug-likeness (QED) is 0.456. The van der Waals surface area contributed by atoms with E-state index in [0.717, 1.165) is 22.9 Å². The molecule has 1 aromatic carbocycles. The van der Waals surface area contributed by atoms with E-state index >= 15 is 0 Å². The van der Waals surface area contributed by atoms with Crippen LogP contribution in [0.4, 0.5) is 0 Å². The summed E-state index contributed by atoms with van der Waals surface area (Å²) in [5.41, 5.74) is 1.42. The Morgan fingerprint density at radius 2 is 2.24 bits per heavy atom. The fourth-order valence-electron chi connectivity index (χ4n) is 2.42. The molecule has 7 heteroatoms. The molecular weight excluding hydrogens is 390 g/mol. The van der Waals surface area contributed by atoms with E-state index < -0.39 is 12.1 Å². The van der Waals surface area contributed by atoms with Crippen LogP contribution in [-0.2, 0) is 19.1 Å². The van der Waals surface area contributed by atoms with E-state index in [0.29, 0.717) is 31.1 Å². The Hall–Kier alpha value is -1.60. The molecule has 0 saturated heterocycles. The van der Waals surface area contributed by atoms with Crippen molar-refractivity contribution in [2.24, 2.45) is 5.16 Å². The molecule has 1 aromatic rings. The first-order chi connectivity index (χ1) is 12.1. The van der Waals surface area contributed by atoms with Gasteiger partial charge in [0, 0.05) is 16.6 Å². The first-order valence-corrected chi connectivity index (χ1v) is 9.25. The fraction of sp³-hybridized carbons (Fsp3) is 0.556. The highest BCUT2D eigenvalue weighted by Gasteiger charge is 2.29. The zero-order valence-electron chi connectivity index (χ0n) is 14.8. The van der Waals surface area contributed by atoms with Gasteiger partial charge in [0.15, 0.2) is 6.10 Å². The lowest BCUT2D eigenvalue weighted by Crippen LogP contribution is -2.30. The molecule has 0 saturated carbocycles. The minimum atomic E-state index is -0.674. The van der Waals surface area contributed by atoms with Crippen LogP contribution in [0.15, 0.2) is 27.8 Å². The maximum atomic E-state index is 11.8. The molecular formula is C18H24BrNO5. The summed E-state index contributed by atoms with van der Waals surface area (Å²) in [4.78, 5) is 17.1. The Morgan fingerprint density at radius 1 is 1.44 bits per heavy atom. The number of oxime groups is 1. The first-order valence-electron chi connectivity index (χ1n) is 8.46. The number of ether oxygens (including phenoxy) is 3. The molecule has 1 aliphatic rings. The second kappa shape index (κ2) is 9.77. The number of esters is 1. The number of rotatable bonds is 9. The SMILES string of the molecule is CCCCOC1CON=C1c1cc(Br)ccc1OC(CC)C(=O)OC. The Labute approximate surface area is 156 Å². The van der Waals surface area contributed by atoms with Crippen LogP contribution >= 0.6 is 15.9 Å². The third-order valence-corrected chi connectivity index (χ3v) is 4.33. The summed E-state index contributed by atoms with van der Waals surface area (Å²) in [6.45, 7) is 5.00. The van der Waals surface area contributed by atoms with E-state index in [1.54, 1.807) is 6.07 Å². The zero-order chi connectivity index (χ0) is 18.2. The maximum Gasteiger partial charge on any atom is 0.347 e. The number of halogens is 1. The van der Waals surface area contributed by atoms with Gasteiger partial charge in [-0.25, -0.2) is 4.79 Å². The number of carbonyl (C=O) groups is 1. The van der Waals surface area contributed by atoms with Crippen LogP contribution in [0, 0.1) is 0 Å². The molecule has 1 heterocycles. The van der Waals surface area contributed by atoms with Gasteiger partial charge in [-0.3, -0.25) is 0 Å². The maximum absolute atomic E-state index is 11.8. The molecule has 6 nitrogen and oxygen atoms in total. The molecule has 2 rings (SSSR count). The summed E-state index contributed by atoms with van der Waals surface area (Å²) in [6.07, 6.45) is 1.62. The molecule has 1 aliphatic heterocycles. The molecule has 25 heavy (non-hydrogen) atoms. The summed E-state index contributed by atoms with van der Waals surface area (Å²) in [5.74, 6) is 0.144. The fourth-order valence-corrected chi connectivity index (χ4v) is 2.78. The average Bonchev–Trinajstić information content (AvgIpc) is 3.08. The van der Waals surface area contributed by atoms with Gasteiger partial charge < -0.3 is 19.0 Å². The molecule has 138 valence electrons. The molecule has 0 aromatic heterocycles. The van der Waals surface area contributed by atoms with Gasteiger partial charge in [-0.05, 0) is 31.0 Å².